The van der Waals surface area contributed by atoms with Crippen LogP contribution in [0.3, 0.4) is 0 Å². The quantitative estimate of drug-likeness (QED) is 0.664. The molecule has 0 aliphatic heterocycles. The largest absolute Gasteiger partial charge is 0.492 e. The van der Waals surface area contributed by atoms with Crippen molar-refractivity contribution < 1.29 is 9.47 Å². The molecule has 1 N–H and O–H groups in total. The highest BCUT2D eigenvalue weighted by atomic mass is 16.5. The van der Waals surface area contributed by atoms with Crippen LogP contribution in [0.2, 0.25) is 0 Å². The van der Waals surface area contributed by atoms with Crippen LogP contribution in [0, 0.1) is 6.92 Å². The van der Waals surface area contributed by atoms with Gasteiger partial charge in [-0.05, 0) is 56.8 Å². The first-order chi connectivity index (χ1) is 10.0. The molecule has 0 radical (unpaired) electrons. The van der Waals surface area contributed by atoms with E-state index in [2.05, 4.69) is 58.1 Å². The molecule has 0 aliphatic rings. The van der Waals surface area contributed by atoms with Gasteiger partial charge < -0.3 is 14.8 Å². The van der Waals surface area contributed by atoms with Gasteiger partial charge in [-0.15, -0.1) is 0 Å². The molecular weight excluding hydrogens is 262 g/mol. The SMILES string of the molecule is Cc1ccc(C(C)C)c(OCCNCCCOC(C)C)c1. The lowest BCUT2D eigenvalue weighted by Gasteiger charge is -2.15. The third-order valence-electron chi connectivity index (χ3n) is 3.28. The Morgan fingerprint density at radius 3 is 2.48 bits per heavy atom. The molecular formula is C18H31NO2. The third-order valence-corrected chi connectivity index (χ3v) is 3.28. The first-order valence-electron chi connectivity index (χ1n) is 8.06. The van der Waals surface area contributed by atoms with Gasteiger partial charge in [0, 0.05) is 13.2 Å². The maximum atomic E-state index is 5.93. The van der Waals surface area contributed by atoms with Crippen molar-refractivity contribution in [1.82, 2.24) is 5.32 Å². The molecule has 0 saturated carbocycles. The monoisotopic (exact) mass is 293 g/mol. The highest BCUT2D eigenvalue weighted by Gasteiger charge is 2.07. The number of benzene rings is 1. The summed E-state index contributed by atoms with van der Waals surface area (Å²) in [4.78, 5) is 0. The Morgan fingerprint density at radius 2 is 1.81 bits per heavy atom. The fourth-order valence-corrected chi connectivity index (χ4v) is 2.12. The summed E-state index contributed by atoms with van der Waals surface area (Å²) >= 11 is 0. The Balaban J connectivity index is 2.22. The second kappa shape index (κ2) is 9.80. The van der Waals surface area contributed by atoms with Crippen LogP contribution in [-0.2, 0) is 4.74 Å². The standard InChI is InChI=1S/C18H31NO2/c1-14(2)17-8-7-16(5)13-18(17)21-12-10-19-9-6-11-20-15(3)4/h7-8,13-15,19H,6,9-12H2,1-5H3. The Labute approximate surface area is 130 Å². The van der Waals surface area contributed by atoms with Gasteiger partial charge in [0.25, 0.3) is 0 Å². The van der Waals surface area contributed by atoms with E-state index in [1.54, 1.807) is 0 Å². The van der Waals surface area contributed by atoms with Crippen LogP contribution < -0.4 is 10.1 Å². The van der Waals surface area contributed by atoms with Gasteiger partial charge in [-0.2, -0.15) is 0 Å². The van der Waals surface area contributed by atoms with Crippen LogP contribution in [0.15, 0.2) is 18.2 Å². The summed E-state index contributed by atoms with van der Waals surface area (Å²) in [6.07, 6.45) is 1.36. The molecule has 0 fully saturated rings. The van der Waals surface area contributed by atoms with Gasteiger partial charge in [-0.1, -0.05) is 26.0 Å². The van der Waals surface area contributed by atoms with Crippen LogP contribution in [0.5, 0.6) is 5.75 Å². The van der Waals surface area contributed by atoms with E-state index in [1.165, 1.54) is 11.1 Å². The van der Waals surface area contributed by atoms with E-state index in [1.807, 2.05) is 0 Å². The van der Waals surface area contributed by atoms with E-state index < -0.39 is 0 Å². The van der Waals surface area contributed by atoms with Gasteiger partial charge in [0.15, 0.2) is 0 Å². The molecule has 120 valence electrons. The summed E-state index contributed by atoms with van der Waals surface area (Å²) in [6, 6.07) is 6.45. The van der Waals surface area contributed by atoms with E-state index in [0.29, 0.717) is 18.6 Å². The highest BCUT2D eigenvalue weighted by Crippen LogP contribution is 2.27. The van der Waals surface area contributed by atoms with Crippen molar-refractivity contribution in [2.45, 2.75) is 53.1 Å². The smallest absolute Gasteiger partial charge is 0.123 e. The molecule has 0 saturated heterocycles. The minimum Gasteiger partial charge on any atom is -0.492 e. The molecule has 0 unspecified atom stereocenters. The van der Waals surface area contributed by atoms with Gasteiger partial charge in [0.05, 0.1) is 6.10 Å². The van der Waals surface area contributed by atoms with E-state index in [4.69, 9.17) is 9.47 Å². The number of aryl methyl sites for hydroxylation is 1. The number of ether oxygens (including phenoxy) is 2. The van der Waals surface area contributed by atoms with E-state index in [-0.39, 0.29) is 0 Å². The van der Waals surface area contributed by atoms with Crippen LogP contribution in [0.4, 0.5) is 0 Å². The lowest BCUT2D eigenvalue weighted by Crippen LogP contribution is -2.23. The Hall–Kier alpha value is -1.06. The van der Waals surface area contributed by atoms with Gasteiger partial charge >= 0.3 is 0 Å². The van der Waals surface area contributed by atoms with Crippen LogP contribution in [-0.4, -0.2) is 32.4 Å². The molecule has 0 heterocycles. The van der Waals surface area contributed by atoms with Crippen LogP contribution in [0.1, 0.15) is 51.2 Å². The summed E-state index contributed by atoms with van der Waals surface area (Å²) in [5.41, 5.74) is 2.53. The predicted octanol–water partition coefficient (Wildman–Crippen LogP) is 3.90. The molecule has 0 atom stereocenters. The van der Waals surface area contributed by atoms with Crippen LogP contribution in [0.25, 0.3) is 0 Å². The van der Waals surface area contributed by atoms with Gasteiger partial charge in [-0.3, -0.25) is 0 Å². The zero-order valence-corrected chi connectivity index (χ0v) is 14.2. The lowest BCUT2D eigenvalue weighted by atomic mass is 10.0. The molecule has 1 rings (SSSR count). The summed E-state index contributed by atoms with van der Waals surface area (Å²) in [5, 5.41) is 3.39. The fourth-order valence-electron chi connectivity index (χ4n) is 2.12. The molecule has 3 heteroatoms. The third kappa shape index (κ3) is 7.49. The summed E-state index contributed by atoms with van der Waals surface area (Å²) < 4.78 is 11.4. The minimum atomic E-state index is 0.323. The summed E-state index contributed by atoms with van der Waals surface area (Å²) in [7, 11) is 0. The predicted molar refractivity (Wildman–Crippen MR) is 89.3 cm³/mol. The second-order valence-corrected chi connectivity index (χ2v) is 6.07. The Kier molecular flexibility index (Phi) is 8.40. The lowest BCUT2D eigenvalue weighted by molar-refractivity contribution is 0.0770. The topological polar surface area (TPSA) is 30.5 Å². The first kappa shape index (κ1) is 18.0. The molecule has 3 nitrogen and oxygen atoms in total. The van der Waals surface area contributed by atoms with Gasteiger partial charge in [-0.25, -0.2) is 0 Å². The van der Waals surface area contributed by atoms with Gasteiger partial charge in [0.2, 0.25) is 0 Å². The van der Waals surface area contributed by atoms with E-state index in [0.717, 1.165) is 31.9 Å². The zero-order chi connectivity index (χ0) is 15.7. The minimum absolute atomic E-state index is 0.323. The van der Waals surface area contributed by atoms with Crippen molar-refractivity contribution in [3.63, 3.8) is 0 Å². The van der Waals surface area contributed by atoms with Crippen molar-refractivity contribution in [2.75, 3.05) is 26.3 Å². The molecule has 0 spiro atoms. The summed E-state index contributed by atoms with van der Waals surface area (Å²) in [6.45, 7) is 14.0. The molecule has 0 bridgehead atoms. The average molecular weight is 293 g/mol. The van der Waals surface area contributed by atoms with Crippen molar-refractivity contribution in [3.8, 4) is 5.75 Å². The maximum absolute atomic E-state index is 5.93. The van der Waals surface area contributed by atoms with Crippen molar-refractivity contribution >= 4 is 0 Å². The molecule has 0 aromatic heterocycles. The number of nitrogens with one attached hydrogen (secondary N) is 1. The Morgan fingerprint density at radius 1 is 1.05 bits per heavy atom. The average Bonchev–Trinajstić information content (AvgIpc) is 2.41. The fraction of sp³-hybridized carbons (Fsp3) is 0.667. The molecule has 0 amide bonds. The number of hydrogen-bond donors (Lipinski definition) is 1. The Bertz CT molecular complexity index is 402. The second-order valence-electron chi connectivity index (χ2n) is 6.07. The summed E-state index contributed by atoms with van der Waals surface area (Å²) in [5.74, 6) is 1.51. The normalized spacial score (nSPS) is 11.4. The molecule has 1 aromatic rings. The van der Waals surface area contributed by atoms with Crippen molar-refractivity contribution in [1.29, 1.82) is 0 Å². The number of hydrogen-bond acceptors (Lipinski definition) is 3. The molecule has 1 aromatic carbocycles. The van der Waals surface area contributed by atoms with Crippen molar-refractivity contribution in [3.05, 3.63) is 29.3 Å². The van der Waals surface area contributed by atoms with E-state index >= 15 is 0 Å². The number of rotatable bonds is 10. The highest BCUT2D eigenvalue weighted by molar-refractivity contribution is 5.39. The van der Waals surface area contributed by atoms with Crippen LogP contribution >= 0.6 is 0 Å². The van der Waals surface area contributed by atoms with Gasteiger partial charge in [0.1, 0.15) is 12.4 Å². The molecule has 0 aliphatic carbocycles. The van der Waals surface area contributed by atoms with E-state index in [9.17, 15) is 0 Å². The first-order valence-corrected chi connectivity index (χ1v) is 8.06. The van der Waals surface area contributed by atoms with Crippen molar-refractivity contribution in [2.24, 2.45) is 0 Å². The maximum Gasteiger partial charge on any atom is 0.123 e. The molecule has 21 heavy (non-hydrogen) atoms. The zero-order valence-electron chi connectivity index (χ0n) is 14.2.